The molecule has 0 bridgehead atoms. The van der Waals surface area contributed by atoms with E-state index in [4.69, 9.17) is 4.74 Å². The van der Waals surface area contributed by atoms with Crippen molar-refractivity contribution in [3.05, 3.63) is 83.4 Å². The van der Waals surface area contributed by atoms with Crippen LogP contribution in [-0.4, -0.2) is 42.9 Å². The van der Waals surface area contributed by atoms with E-state index in [2.05, 4.69) is 23.1 Å². The Kier molecular flexibility index (Phi) is 5.54. The van der Waals surface area contributed by atoms with Gasteiger partial charge in [0.05, 0.1) is 7.11 Å². The van der Waals surface area contributed by atoms with E-state index in [1.54, 1.807) is 25.3 Å². The Labute approximate surface area is 178 Å². The molecular formula is C26H29NO3. The first-order valence-electron chi connectivity index (χ1n) is 10.4. The van der Waals surface area contributed by atoms with Gasteiger partial charge < -0.3 is 19.8 Å². The number of aromatic hydroxyl groups is 1. The minimum absolute atomic E-state index is 0.0268. The highest BCUT2D eigenvalue weighted by Crippen LogP contribution is 2.46. The maximum atomic E-state index is 12.1. The Morgan fingerprint density at radius 2 is 1.83 bits per heavy atom. The topological polar surface area (TPSA) is 52.9 Å². The Balaban J connectivity index is 1.85. The second-order valence-corrected chi connectivity index (χ2v) is 8.39. The van der Waals surface area contributed by atoms with Crippen molar-refractivity contribution >= 4 is 0 Å². The van der Waals surface area contributed by atoms with Crippen LogP contribution in [0, 0.1) is 5.92 Å². The maximum Gasteiger partial charge on any atom is 0.126 e. The quantitative estimate of drug-likeness (QED) is 0.662. The van der Waals surface area contributed by atoms with E-state index in [1.807, 2.05) is 44.4 Å². The van der Waals surface area contributed by atoms with Crippen LogP contribution in [0.4, 0.5) is 0 Å². The first-order chi connectivity index (χ1) is 14.4. The molecular weight excluding hydrogens is 374 g/mol. The smallest absolute Gasteiger partial charge is 0.126 e. The van der Waals surface area contributed by atoms with Crippen LogP contribution < -0.4 is 4.74 Å². The number of phenols is 1. The Morgan fingerprint density at radius 3 is 2.57 bits per heavy atom. The van der Waals surface area contributed by atoms with Gasteiger partial charge in [0.15, 0.2) is 0 Å². The molecule has 1 aliphatic carbocycles. The van der Waals surface area contributed by atoms with E-state index in [0.29, 0.717) is 0 Å². The van der Waals surface area contributed by atoms with Gasteiger partial charge in [-0.15, -0.1) is 0 Å². The molecule has 3 aromatic rings. The van der Waals surface area contributed by atoms with Crippen molar-refractivity contribution in [1.29, 1.82) is 0 Å². The van der Waals surface area contributed by atoms with E-state index in [9.17, 15) is 10.2 Å². The predicted molar refractivity (Wildman–Crippen MR) is 120 cm³/mol. The zero-order valence-electron chi connectivity index (χ0n) is 17.8. The van der Waals surface area contributed by atoms with Crippen LogP contribution in [0.15, 0.2) is 66.7 Å². The van der Waals surface area contributed by atoms with Gasteiger partial charge in [-0.3, -0.25) is 0 Å². The maximum absolute atomic E-state index is 12.1. The van der Waals surface area contributed by atoms with E-state index in [1.165, 1.54) is 0 Å². The molecule has 0 radical (unpaired) electrons. The number of nitrogens with zero attached hydrogens (tertiary/aromatic N) is 1. The zero-order valence-corrected chi connectivity index (χ0v) is 17.8. The Bertz CT molecular complexity index is 1050. The molecule has 0 spiro atoms. The fourth-order valence-corrected chi connectivity index (χ4v) is 4.78. The molecule has 0 heterocycles. The van der Waals surface area contributed by atoms with E-state index >= 15 is 0 Å². The molecule has 4 heteroatoms. The molecule has 0 amide bonds. The van der Waals surface area contributed by atoms with Crippen molar-refractivity contribution in [2.45, 2.75) is 18.4 Å². The van der Waals surface area contributed by atoms with Gasteiger partial charge >= 0.3 is 0 Å². The molecule has 156 valence electrons. The van der Waals surface area contributed by atoms with Crippen molar-refractivity contribution < 1.29 is 14.9 Å². The van der Waals surface area contributed by atoms with Crippen LogP contribution in [-0.2, 0) is 12.0 Å². The molecule has 2 N–H and O–H groups in total. The number of hydrogen-bond donors (Lipinski definition) is 2. The highest BCUT2D eigenvalue weighted by atomic mass is 16.5. The number of phenolic OH excluding ortho intramolecular Hbond substituents is 1. The number of rotatable bonds is 5. The van der Waals surface area contributed by atoms with Crippen molar-refractivity contribution in [3.63, 3.8) is 0 Å². The summed E-state index contributed by atoms with van der Waals surface area (Å²) in [5, 5.41) is 22.2. The van der Waals surface area contributed by atoms with Crippen LogP contribution in [0.1, 0.15) is 23.1 Å². The van der Waals surface area contributed by atoms with Gasteiger partial charge in [-0.05, 0) is 67.4 Å². The molecule has 1 aliphatic rings. The van der Waals surface area contributed by atoms with Crippen LogP contribution in [0.5, 0.6) is 11.5 Å². The van der Waals surface area contributed by atoms with Crippen molar-refractivity contribution in [1.82, 2.24) is 4.90 Å². The molecule has 30 heavy (non-hydrogen) atoms. The lowest BCUT2D eigenvalue weighted by Gasteiger charge is -2.43. The molecule has 3 aromatic carbocycles. The lowest BCUT2D eigenvalue weighted by Crippen LogP contribution is -2.45. The molecule has 0 aromatic heterocycles. The summed E-state index contributed by atoms with van der Waals surface area (Å²) in [6.07, 6.45) is 1.77. The van der Waals surface area contributed by atoms with Crippen molar-refractivity contribution in [2.24, 2.45) is 5.92 Å². The standard InChI is InChI=1S/C26H29NO3/c1-27(2)17-21-13-11-19-15-18(23-9-4-5-10-25(23)30-3)12-14-24(19)26(21,29)20-7-6-8-22(28)16-20/h4-10,12,14-16,21,28-29H,11,13,17H2,1-3H3. The van der Waals surface area contributed by atoms with E-state index in [0.717, 1.165) is 53.0 Å². The average molecular weight is 404 g/mol. The minimum atomic E-state index is -1.16. The summed E-state index contributed by atoms with van der Waals surface area (Å²) in [4.78, 5) is 2.12. The minimum Gasteiger partial charge on any atom is -0.508 e. The van der Waals surface area contributed by atoms with Gasteiger partial charge in [0, 0.05) is 18.0 Å². The second-order valence-electron chi connectivity index (χ2n) is 8.39. The summed E-state index contributed by atoms with van der Waals surface area (Å²) in [6.45, 7) is 0.764. The molecule has 0 fully saturated rings. The summed E-state index contributed by atoms with van der Waals surface area (Å²) in [5.74, 6) is 1.03. The number of aliphatic hydroxyl groups is 1. The molecule has 2 atom stereocenters. The van der Waals surface area contributed by atoms with Crippen LogP contribution in [0.3, 0.4) is 0 Å². The van der Waals surface area contributed by atoms with Gasteiger partial charge in [0.2, 0.25) is 0 Å². The number of hydrogen-bond acceptors (Lipinski definition) is 4. The highest BCUT2D eigenvalue weighted by Gasteiger charge is 2.44. The molecule has 4 nitrogen and oxygen atoms in total. The molecule has 4 rings (SSSR count). The number of methoxy groups -OCH3 is 1. The molecule has 0 saturated heterocycles. The number of benzene rings is 3. The Morgan fingerprint density at radius 1 is 1.03 bits per heavy atom. The van der Waals surface area contributed by atoms with Gasteiger partial charge in [-0.2, -0.15) is 0 Å². The summed E-state index contributed by atoms with van der Waals surface area (Å²) >= 11 is 0. The van der Waals surface area contributed by atoms with Crippen LogP contribution >= 0.6 is 0 Å². The lowest BCUT2D eigenvalue weighted by atomic mass is 9.67. The molecule has 2 unspecified atom stereocenters. The summed E-state index contributed by atoms with van der Waals surface area (Å²) in [6, 6.07) is 21.3. The highest BCUT2D eigenvalue weighted by molar-refractivity contribution is 5.72. The third-order valence-electron chi connectivity index (χ3n) is 6.16. The second kappa shape index (κ2) is 8.13. The van der Waals surface area contributed by atoms with Crippen molar-refractivity contribution in [2.75, 3.05) is 27.7 Å². The summed E-state index contributed by atoms with van der Waals surface area (Å²) in [7, 11) is 5.75. The number of para-hydroxylation sites is 1. The first kappa shape index (κ1) is 20.5. The number of aryl methyl sites for hydroxylation is 1. The van der Waals surface area contributed by atoms with Crippen LogP contribution in [0.25, 0.3) is 11.1 Å². The normalized spacial score (nSPS) is 20.8. The monoisotopic (exact) mass is 403 g/mol. The van der Waals surface area contributed by atoms with Crippen LogP contribution in [0.2, 0.25) is 0 Å². The molecule has 0 saturated carbocycles. The van der Waals surface area contributed by atoms with Gasteiger partial charge in [0.1, 0.15) is 17.1 Å². The van der Waals surface area contributed by atoms with Gasteiger partial charge in [-0.25, -0.2) is 0 Å². The zero-order chi connectivity index (χ0) is 21.3. The third-order valence-corrected chi connectivity index (χ3v) is 6.16. The average Bonchev–Trinajstić information content (AvgIpc) is 2.75. The summed E-state index contributed by atoms with van der Waals surface area (Å²) in [5.41, 5.74) is 3.76. The van der Waals surface area contributed by atoms with E-state index in [-0.39, 0.29) is 11.7 Å². The lowest BCUT2D eigenvalue weighted by molar-refractivity contribution is -0.00649. The number of ether oxygens (including phenoxy) is 1. The third kappa shape index (κ3) is 3.57. The number of fused-ring (bicyclic) bond motifs is 1. The van der Waals surface area contributed by atoms with Gasteiger partial charge in [-0.1, -0.05) is 48.5 Å². The van der Waals surface area contributed by atoms with Crippen molar-refractivity contribution in [3.8, 4) is 22.6 Å². The van der Waals surface area contributed by atoms with Gasteiger partial charge in [0.25, 0.3) is 0 Å². The Hall–Kier alpha value is -2.82. The predicted octanol–water partition coefficient (Wildman–Crippen LogP) is 4.43. The fraction of sp³-hybridized carbons (Fsp3) is 0.308. The van der Waals surface area contributed by atoms with E-state index < -0.39 is 5.60 Å². The summed E-state index contributed by atoms with van der Waals surface area (Å²) < 4.78 is 5.55. The fourth-order valence-electron chi connectivity index (χ4n) is 4.78. The first-order valence-corrected chi connectivity index (χ1v) is 10.4. The molecule has 0 aliphatic heterocycles. The largest absolute Gasteiger partial charge is 0.508 e. The SMILES string of the molecule is COc1ccccc1-c1ccc2c(c1)CCC(CN(C)C)C2(O)c1cccc(O)c1.